The SMILES string of the molecule is [B][C@@H]1O[C@](C#C)(CO[Si](C)(C)C(C)(C)C)[C@@H](O[Si](C)(C)C(C)(C)C)[C@H]1O[Si](C)(C)C(C)(C)C. The topological polar surface area (TPSA) is 36.9 Å². The van der Waals surface area contributed by atoms with Crippen LogP contribution in [-0.2, 0) is 18.0 Å². The maximum Gasteiger partial charge on any atom is 0.192 e. The molecule has 190 valence electrons. The Bertz CT molecular complexity index is 726. The first kappa shape index (κ1) is 31.1. The lowest BCUT2D eigenvalue weighted by Crippen LogP contribution is -2.58. The first-order valence-corrected chi connectivity index (χ1v) is 21.0. The van der Waals surface area contributed by atoms with Crippen LogP contribution in [0.25, 0.3) is 0 Å². The molecular formula is C25H51BO4Si3. The van der Waals surface area contributed by atoms with Gasteiger partial charge < -0.3 is 18.0 Å². The van der Waals surface area contributed by atoms with E-state index in [2.05, 4.69) is 108 Å². The third kappa shape index (κ3) is 6.66. The van der Waals surface area contributed by atoms with E-state index in [0.717, 1.165) is 0 Å². The molecule has 0 aromatic heterocycles. The average molecular weight is 511 g/mol. The molecule has 0 unspecified atom stereocenters. The van der Waals surface area contributed by atoms with Crippen LogP contribution < -0.4 is 0 Å². The number of ether oxygens (including phenoxy) is 1. The molecule has 0 bridgehead atoms. The highest BCUT2D eigenvalue weighted by atomic mass is 28.4. The monoisotopic (exact) mass is 510 g/mol. The minimum Gasteiger partial charge on any atom is -0.413 e. The van der Waals surface area contributed by atoms with E-state index in [1.165, 1.54) is 0 Å². The molecule has 4 atom stereocenters. The zero-order valence-electron chi connectivity index (χ0n) is 24.2. The van der Waals surface area contributed by atoms with Crippen molar-refractivity contribution >= 4 is 32.8 Å². The highest BCUT2D eigenvalue weighted by Crippen LogP contribution is 2.46. The molecule has 0 spiro atoms. The van der Waals surface area contributed by atoms with Gasteiger partial charge in [-0.15, -0.1) is 6.42 Å². The van der Waals surface area contributed by atoms with Crippen molar-refractivity contribution in [3.05, 3.63) is 0 Å². The minimum absolute atomic E-state index is 0.00182. The molecule has 4 nitrogen and oxygen atoms in total. The maximum atomic E-state index is 6.99. The molecule has 8 heteroatoms. The predicted molar refractivity (Wildman–Crippen MR) is 149 cm³/mol. The van der Waals surface area contributed by atoms with E-state index in [9.17, 15) is 0 Å². The highest BCUT2D eigenvalue weighted by Gasteiger charge is 2.59. The van der Waals surface area contributed by atoms with Gasteiger partial charge >= 0.3 is 0 Å². The molecular weight excluding hydrogens is 459 g/mol. The third-order valence-electron chi connectivity index (χ3n) is 8.59. The second-order valence-electron chi connectivity index (χ2n) is 14.3. The van der Waals surface area contributed by atoms with Gasteiger partial charge in [0, 0.05) is 6.00 Å². The van der Waals surface area contributed by atoms with Crippen LogP contribution in [0.3, 0.4) is 0 Å². The lowest BCUT2D eigenvalue weighted by Gasteiger charge is -2.46. The Labute approximate surface area is 210 Å². The van der Waals surface area contributed by atoms with Crippen molar-refractivity contribution in [2.45, 2.75) is 141 Å². The zero-order valence-corrected chi connectivity index (χ0v) is 27.2. The van der Waals surface area contributed by atoms with Crippen LogP contribution in [0.5, 0.6) is 0 Å². The quantitative estimate of drug-likeness (QED) is 0.283. The van der Waals surface area contributed by atoms with Crippen LogP contribution in [0.15, 0.2) is 0 Å². The molecule has 2 radical (unpaired) electrons. The van der Waals surface area contributed by atoms with Gasteiger partial charge in [0.1, 0.15) is 14.0 Å². The van der Waals surface area contributed by atoms with Gasteiger partial charge in [-0.05, 0) is 54.4 Å². The van der Waals surface area contributed by atoms with Gasteiger partial charge in [-0.1, -0.05) is 68.2 Å². The second-order valence-corrected chi connectivity index (χ2v) is 28.6. The van der Waals surface area contributed by atoms with Crippen LogP contribution in [0.4, 0.5) is 0 Å². The largest absolute Gasteiger partial charge is 0.413 e. The molecule has 1 heterocycles. The minimum atomic E-state index is -2.22. The first-order chi connectivity index (χ1) is 14.3. The Morgan fingerprint density at radius 3 is 1.55 bits per heavy atom. The fourth-order valence-electron chi connectivity index (χ4n) is 2.89. The standard InChI is InChI=1S/C25H51BO4Si3/c1-17-25(18-27-31(11,12)22(2,3)4)20(30-33(15,16)24(8,9)10)19(21(26)28-25)29-32(13,14)23(5,6)7/h1,19-21H,18H2,2-16H3/t19-,20+,21-,25-/m1/s1. The summed E-state index contributed by atoms with van der Waals surface area (Å²) in [4.78, 5) is 0. The van der Waals surface area contributed by atoms with E-state index >= 15 is 0 Å². The van der Waals surface area contributed by atoms with Crippen LogP contribution in [0, 0.1) is 12.3 Å². The molecule has 1 fully saturated rings. The van der Waals surface area contributed by atoms with Crippen molar-refractivity contribution < 1.29 is 18.0 Å². The van der Waals surface area contributed by atoms with Crippen molar-refractivity contribution in [2.75, 3.05) is 6.61 Å². The Kier molecular flexibility index (Phi) is 9.00. The van der Waals surface area contributed by atoms with Gasteiger partial charge in [-0.25, -0.2) is 0 Å². The molecule has 0 saturated carbocycles. The van der Waals surface area contributed by atoms with Gasteiger partial charge in [0.2, 0.25) is 0 Å². The molecule has 0 aromatic rings. The molecule has 0 aliphatic carbocycles. The van der Waals surface area contributed by atoms with Gasteiger partial charge in [0.15, 0.2) is 30.6 Å². The summed E-state index contributed by atoms with van der Waals surface area (Å²) in [6.07, 6.45) is 5.26. The van der Waals surface area contributed by atoms with E-state index in [-0.39, 0.29) is 21.7 Å². The maximum absolute atomic E-state index is 6.99. The van der Waals surface area contributed by atoms with Crippen LogP contribution in [0.1, 0.15) is 62.3 Å². The van der Waals surface area contributed by atoms with Crippen LogP contribution >= 0.6 is 0 Å². The van der Waals surface area contributed by atoms with E-state index < -0.39 is 48.8 Å². The van der Waals surface area contributed by atoms with E-state index in [4.69, 9.17) is 32.3 Å². The van der Waals surface area contributed by atoms with Crippen molar-refractivity contribution in [3.8, 4) is 12.3 Å². The van der Waals surface area contributed by atoms with Crippen molar-refractivity contribution in [3.63, 3.8) is 0 Å². The molecule has 0 amide bonds. The molecule has 33 heavy (non-hydrogen) atoms. The lowest BCUT2D eigenvalue weighted by atomic mass is 9.90. The van der Waals surface area contributed by atoms with Crippen LogP contribution in [-0.4, -0.2) is 63.2 Å². The molecule has 1 aliphatic heterocycles. The van der Waals surface area contributed by atoms with Gasteiger partial charge in [0.05, 0.1) is 12.7 Å². The Balaban J connectivity index is 3.49. The average Bonchev–Trinajstić information content (AvgIpc) is 2.82. The van der Waals surface area contributed by atoms with E-state index in [0.29, 0.717) is 0 Å². The molecule has 1 saturated heterocycles. The lowest BCUT2D eigenvalue weighted by molar-refractivity contribution is -0.0500. The molecule has 0 N–H and O–H groups in total. The fourth-order valence-corrected chi connectivity index (χ4v) is 6.51. The second kappa shape index (κ2) is 9.53. The highest BCUT2D eigenvalue weighted by molar-refractivity contribution is 6.75. The van der Waals surface area contributed by atoms with Gasteiger partial charge in [-0.3, -0.25) is 0 Å². The molecule has 1 aliphatic rings. The Morgan fingerprint density at radius 1 is 0.788 bits per heavy atom. The van der Waals surface area contributed by atoms with E-state index in [1.807, 2.05) is 0 Å². The summed E-state index contributed by atoms with van der Waals surface area (Å²) in [5.41, 5.74) is -1.09. The number of terminal acetylenes is 1. The Morgan fingerprint density at radius 2 is 1.18 bits per heavy atom. The first-order valence-electron chi connectivity index (χ1n) is 12.2. The third-order valence-corrected chi connectivity index (χ3v) is 22.0. The number of rotatable bonds is 7. The van der Waals surface area contributed by atoms with Crippen molar-refractivity contribution in [1.29, 1.82) is 0 Å². The van der Waals surface area contributed by atoms with Crippen molar-refractivity contribution in [1.82, 2.24) is 0 Å². The van der Waals surface area contributed by atoms with Gasteiger partial charge in [0.25, 0.3) is 0 Å². The van der Waals surface area contributed by atoms with E-state index in [1.54, 1.807) is 0 Å². The Hall–Kier alpha value is 0.116. The van der Waals surface area contributed by atoms with Crippen LogP contribution in [0.2, 0.25) is 54.4 Å². The number of hydrogen-bond donors (Lipinski definition) is 0. The normalized spacial score (nSPS) is 28.1. The summed E-state index contributed by atoms with van der Waals surface area (Å²) >= 11 is 0. The summed E-state index contributed by atoms with van der Waals surface area (Å²) in [6.45, 7) is 33.6. The molecule has 1 rings (SSSR count). The fraction of sp³-hybridized carbons (Fsp3) is 0.920. The smallest absolute Gasteiger partial charge is 0.192 e. The summed E-state index contributed by atoms with van der Waals surface area (Å²) in [7, 11) is 0.137. The van der Waals surface area contributed by atoms with Crippen molar-refractivity contribution in [2.24, 2.45) is 0 Å². The molecule has 0 aromatic carbocycles. The zero-order chi connectivity index (χ0) is 26.5. The predicted octanol–water partition coefficient (Wildman–Crippen LogP) is 6.69. The van der Waals surface area contributed by atoms with Gasteiger partial charge in [-0.2, -0.15) is 0 Å². The summed E-state index contributed by atoms with van der Waals surface area (Å²) in [5, 5.41) is 0.0748. The summed E-state index contributed by atoms with van der Waals surface area (Å²) < 4.78 is 26.8. The summed E-state index contributed by atoms with van der Waals surface area (Å²) in [5.74, 6) is 2.94. The number of hydrogen-bond acceptors (Lipinski definition) is 4. The summed E-state index contributed by atoms with van der Waals surface area (Å²) in [6, 6.07) is -0.673.